The van der Waals surface area contributed by atoms with Crippen LogP contribution in [0.1, 0.15) is 16.4 Å². The van der Waals surface area contributed by atoms with Gasteiger partial charge in [0.1, 0.15) is 12.1 Å². The topological polar surface area (TPSA) is 101 Å². The zero-order valence-corrected chi connectivity index (χ0v) is 13.4. The van der Waals surface area contributed by atoms with Crippen molar-refractivity contribution in [3.05, 3.63) is 60.4 Å². The number of nitrogens with zero attached hydrogens (tertiary/aromatic N) is 2. The molecule has 0 saturated carbocycles. The smallest absolute Gasteiger partial charge is 0.224 e. The van der Waals surface area contributed by atoms with Crippen LogP contribution in [0.4, 0.5) is 0 Å². The number of carbonyl (C=O) groups excluding carboxylic acids is 1. The van der Waals surface area contributed by atoms with Gasteiger partial charge in [0.2, 0.25) is 11.6 Å². The number of ether oxygens (including phenoxy) is 1. The summed E-state index contributed by atoms with van der Waals surface area (Å²) < 4.78 is 10.6. The minimum atomic E-state index is -0.473. The molecule has 24 heavy (non-hydrogen) atoms. The second-order valence-electron chi connectivity index (χ2n) is 4.61. The van der Waals surface area contributed by atoms with Crippen LogP contribution in [0, 0.1) is 0 Å². The summed E-state index contributed by atoms with van der Waals surface area (Å²) in [6.45, 7) is 0. The molecule has 0 amide bonds. The first-order valence-corrected chi connectivity index (χ1v) is 7.70. The summed E-state index contributed by atoms with van der Waals surface area (Å²) in [6.07, 6.45) is 2.32. The van der Waals surface area contributed by atoms with Crippen molar-refractivity contribution in [2.24, 2.45) is 0 Å². The van der Waals surface area contributed by atoms with Crippen LogP contribution in [0.5, 0.6) is 5.75 Å². The van der Waals surface area contributed by atoms with Crippen molar-refractivity contribution in [3.8, 4) is 5.75 Å². The molecule has 2 aromatic heterocycles. The molecule has 0 aliphatic rings. The van der Waals surface area contributed by atoms with Crippen LogP contribution in [0.15, 0.2) is 63.2 Å². The van der Waals surface area contributed by atoms with Crippen LogP contribution in [0.3, 0.4) is 0 Å². The van der Waals surface area contributed by atoms with E-state index in [4.69, 9.17) is 9.15 Å². The van der Waals surface area contributed by atoms with Gasteiger partial charge in [-0.2, -0.15) is 5.10 Å². The quantitative estimate of drug-likeness (QED) is 0.402. The van der Waals surface area contributed by atoms with E-state index < -0.39 is 5.78 Å². The van der Waals surface area contributed by atoms with E-state index in [0.29, 0.717) is 5.09 Å². The molecule has 0 atom stereocenters. The Bertz CT molecular complexity index is 854. The van der Waals surface area contributed by atoms with E-state index in [9.17, 15) is 9.90 Å². The summed E-state index contributed by atoms with van der Waals surface area (Å²) in [7, 11) is 1.61. The van der Waals surface area contributed by atoms with Crippen LogP contribution in [-0.4, -0.2) is 33.2 Å². The first-order valence-electron chi connectivity index (χ1n) is 6.88. The Labute approximate surface area is 141 Å². The molecule has 0 unspecified atom stereocenters. The average molecular weight is 343 g/mol. The number of carbonyl (C=O) groups is 1. The number of aromatic amines is 1. The Morgan fingerprint density at radius 1 is 1.29 bits per heavy atom. The lowest BCUT2D eigenvalue weighted by Crippen LogP contribution is -1.95. The molecule has 0 fully saturated rings. The number of benzene rings is 1. The summed E-state index contributed by atoms with van der Waals surface area (Å²) in [5.41, 5.74) is 0. The van der Waals surface area contributed by atoms with Gasteiger partial charge >= 0.3 is 0 Å². The lowest BCUT2D eigenvalue weighted by Gasteiger charge is -2.01. The zero-order valence-electron chi connectivity index (χ0n) is 12.6. The second-order valence-corrected chi connectivity index (χ2v) is 5.69. The minimum Gasteiger partial charge on any atom is -0.504 e. The Kier molecular flexibility index (Phi) is 4.66. The van der Waals surface area contributed by atoms with E-state index in [2.05, 4.69) is 15.2 Å². The molecule has 2 N–H and O–H groups in total. The molecule has 0 aliphatic heterocycles. The number of hydrogen-bond donors (Lipinski definition) is 2. The molecular weight excluding hydrogens is 330 g/mol. The van der Waals surface area contributed by atoms with E-state index in [1.807, 2.05) is 24.3 Å². The second kappa shape index (κ2) is 7.05. The predicted octanol–water partition coefficient (Wildman–Crippen LogP) is 3.34. The molecular formula is C16H13N3O4S. The lowest BCUT2D eigenvalue weighted by molar-refractivity contribution is 0.101. The highest BCUT2D eigenvalue weighted by atomic mass is 32.2. The van der Waals surface area contributed by atoms with Gasteiger partial charge < -0.3 is 14.3 Å². The van der Waals surface area contributed by atoms with Crippen molar-refractivity contribution in [1.82, 2.24) is 15.2 Å². The number of allylic oxidation sites excluding steroid dienone is 1. The van der Waals surface area contributed by atoms with Crippen LogP contribution in [0.2, 0.25) is 0 Å². The first-order chi connectivity index (χ1) is 11.7. The van der Waals surface area contributed by atoms with Gasteiger partial charge in [-0.25, -0.2) is 4.98 Å². The minimum absolute atomic E-state index is 0.0442. The van der Waals surface area contributed by atoms with E-state index in [0.717, 1.165) is 16.7 Å². The third-order valence-corrected chi connectivity index (χ3v) is 3.94. The number of aromatic nitrogens is 3. The van der Waals surface area contributed by atoms with Crippen LogP contribution < -0.4 is 4.74 Å². The van der Waals surface area contributed by atoms with Crippen molar-refractivity contribution in [2.75, 3.05) is 7.11 Å². The zero-order chi connectivity index (χ0) is 16.9. The number of rotatable bonds is 6. The fourth-order valence-electron chi connectivity index (χ4n) is 1.86. The Hall–Kier alpha value is -3.00. The van der Waals surface area contributed by atoms with Crippen LogP contribution in [-0.2, 0) is 0 Å². The number of methoxy groups -OCH3 is 1. The maximum atomic E-state index is 12.1. The average Bonchev–Trinajstić information content (AvgIpc) is 3.27. The SMILES string of the molecule is COc1ccc(Sc2ccc(C(=O)C=C(O)c3nc[nH]n3)o2)cc1. The molecule has 3 rings (SSSR count). The predicted molar refractivity (Wildman–Crippen MR) is 87.1 cm³/mol. The van der Waals surface area contributed by atoms with E-state index in [-0.39, 0.29) is 17.3 Å². The summed E-state index contributed by atoms with van der Waals surface area (Å²) in [4.78, 5) is 16.8. The van der Waals surface area contributed by atoms with Crippen molar-refractivity contribution < 1.29 is 19.1 Å². The number of H-pyrrole nitrogens is 1. The molecule has 1 aromatic carbocycles. The van der Waals surface area contributed by atoms with Gasteiger partial charge in [0.25, 0.3) is 0 Å². The third-order valence-electron chi connectivity index (χ3n) is 3.01. The van der Waals surface area contributed by atoms with Gasteiger partial charge in [-0.1, -0.05) is 11.8 Å². The number of nitrogens with one attached hydrogen (secondary N) is 1. The van der Waals surface area contributed by atoms with Gasteiger partial charge in [-0.3, -0.25) is 9.89 Å². The maximum Gasteiger partial charge on any atom is 0.224 e. The standard InChI is InChI=1S/C16H13N3O4S/c1-22-10-2-4-11(5-3-10)24-15-7-6-14(23-15)12(20)8-13(21)16-17-9-18-19-16/h2-9,21H,1H3,(H,17,18,19). The monoisotopic (exact) mass is 343 g/mol. The molecule has 3 aromatic rings. The number of ketones is 1. The highest BCUT2D eigenvalue weighted by molar-refractivity contribution is 7.99. The largest absolute Gasteiger partial charge is 0.504 e. The number of aliphatic hydroxyl groups is 1. The van der Waals surface area contributed by atoms with E-state index in [1.165, 1.54) is 18.1 Å². The van der Waals surface area contributed by atoms with Gasteiger partial charge in [0, 0.05) is 11.0 Å². The van der Waals surface area contributed by atoms with Crippen molar-refractivity contribution >= 4 is 23.3 Å². The molecule has 0 spiro atoms. The summed E-state index contributed by atoms with van der Waals surface area (Å²) in [6, 6.07) is 10.7. The Morgan fingerprint density at radius 3 is 2.75 bits per heavy atom. The van der Waals surface area contributed by atoms with Crippen molar-refractivity contribution in [3.63, 3.8) is 0 Å². The van der Waals surface area contributed by atoms with Crippen molar-refractivity contribution in [2.45, 2.75) is 9.99 Å². The highest BCUT2D eigenvalue weighted by Gasteiger charge is 2.13. The summed E-state index contributed by atoms with van der Waals surface area (Å²) in [5.74, 6) is 0.124. The Balaban J connectivity index is 1.70. The molecule has 0 radical (unpaired) electrons. The van der Waals surface area contributed by atoms with E-state index in [1.54, 1.807) is 19.2 Å². The number of aliphatic hydroxyl groups excluding tert-OH is 1. The summed E-state index contributed by atoms with van der Waals surface area (Å²) >= 11 is 1.37. The molecule has 122 valence electrons. The molecule has 2 heterocycles. The van der Waals surface area contributed by atoms with Gasteiger partial charge in [-0.05, 0) is 36.4 Å². The fraction of sp³-hybridized carbons (Fsp3) is 0.0625. The highest BCUT2D eigenvalue weighted by Crippen LogP contribution is 2.30. The van der Waals surface area contributed by atoms with Gasteiger partial charge in [0.15, 0.2) is 16.6 Å². The number of furan rings is 1. The van der Waals surface area contributed by atoms with Crippen molar-refractivity contribution in [1.29, 1.82) is 0 Å². The molecule has 7 nitrogen and oxygen atoms in total. The molecule has 0 bridgehead atoms. The van der Waals surface area contributed by atoms with Crippen LogP contribution in [0.25, 0.3) is 5.76 Å². The summed E-state index contributed by atoms with van der Waals surface area (Å²) in [5, 5.41) is 16.5. The third kappa shape index (κ3) is 3.66. The Morgan fingerprint density at radius 2 is 2.08 bits per heavy atom. The molecule has 0 aliphatic carbocycles. The normalized spacial score (nSPS) is 11.5. The van der Waals surface area contributed by atoms with Gasteiger partial charge in [-0.15, -0.1) is 0 Å². The lowest BCUT2D eigenvalue weighted by atomic mass is 10.2. The first kappa shape index (κ1) is 15.9. The van der Waals surface area contributed by atoms with Gasteiger partial charge in [0.05, 0.1) is 7.11 Å². The maximum absolute atomic E-state index is 12.1. The number of hydrogen-bond acceptors (Lipinski definition) is 7. The molecule has 8 heteroatoms. The fourth-order valence-corrected chi connectivity index (χ4v) is 2.63. The van der Waals surface area contributed by atoms with E-state index >= 15 is 0 Å². The molecule has 0 saturated heterocycles. The van der Waals surface area contributed by atoms with Crippen LogP contribution >= 0.6 is 11.8 Å².